The van der Waals surface area contributed by atoms with Crippen LogP contribution < -0.4 is 19.1 Å². The summed E-state index contributed by atoms with van der Waals surface area (Å²) in [6, 6.07) is 16.7. The lowest BCUT2D eigenvalue weighted by Crippen LogP contribution is -2.30. The Balaban J connectivity index is 1.43. The fraction of sp³-hybridized carbons (Fsp3) is 0.200. The largest absolute Gasteiger partial charge is 0.503 e. The number of halogens is 1. The molecule has 1 aromatic heterocycles. The van der Waals surface area contributed by atoms with Crippen molar-refractivity contribution in [2.45, 2.75) is 12.6 Å². The lowest BCUT2D eigenvalue weighted by molar-refractivity contribution is -0.130. The number of amides is 1. The zero-order chi connectivity index (χ0) is 28.1. The van der Waals surface area contributed by atoms with E-state index in [1.54, 1.807) is 24.3 Å². The summed E-state index contributed by atoms with van der Waals surface area (Å²) >= 11 is 6.20. The van der Waals surface area contributed by atoms with Crippen molar-refractivity contribution < 1.29 is 33.3 Å². The molecule has 0 fully saturated rings. The molecule has 6 rings (SSSR count). The second kappa shape index (κ2) is 9.84. The first kappa shape index (κ1) is 25.6. The van der Waals surface area contributed by atoms with Crippen molar-refractivity contribution in [3.05, 3.63) is 93.9 Å². The molecular weight excluding hydrogens is 536 g/mol. The molecule has 1 atom stereocenters. The highest BCUT2D eigenvalue weighted by molar-refractivity contribution is 6.31. The smallest absolute Gasteiger partial charge is 0.290 e. The van der Waals surface area contributed by atoms with Crippen LogP contribution in [0.4, 0.5) is 5.69 Å². The predicted molar refractivity (Wildman–Crippen MR) is 148 cm³/mol. The lowest BCUT2D eigenvalue weighted by atomic mass is 9.94. The van der Waals surface area contributed by atoms with E-state index in [1.807, 2.05) is 49.3 Å². The molecule has 2 aliphatic heterocycles. The first-order chi connectivity index (χ1) is 19.2. The number of aliphatic hydroxyl groups is 1. The van der Waals surface area contributed by atoms with E-state index >= 15 is 0 Å². The Morgan fingerprint density at radius 1 is 1.07 bits per heavy atom. The molecule has 0 spiro atoms. The van der Waals surface area contributed by atoms with Gasteiger partial charge in [0.15, 0.2) is 34.4 Å². The summed E-state index contributed by atoms with van der Waals surface area (Å²) in [5.74, 6) is -0.413. The van der Waals surface area contributed by atoms with Crippen molar-refractivity contribution in [2.75, 3.05) is 32.9 Å². The van der Waals surface area contributed by atoms with Crippen molar-refractivity contribution >= 4 is 39.9 Å². The molecule has 40 heavy (non-hydrogen) atoms. The second-order valence-electron chi connectivity index (χ2n) is 9.74. The summed E-state index contributed by atoms with van der Waals surface area (Å²) in [5, 5.41) is 12.1. The van der Waals surface area contributed by atoms with Crippen molar-refractivity contribution in [1.29, 1.82) is 0 Å². The molecule has 0 saturated heterocycles. The van der Waals surface area contributed by atoms with Crippen LogP contribution in [0.2, 0.25) is 5.02 Å². The number of nitrogens with zero attached hydrogens (tertiary/aromatic N) is 2. The molecule has 1 unspecified atom stereocenters. The molecule has 0 saturated carbocycles. The zero-order valence-electron chi connectivity index (χ0n) is 21.9. The Bertz CT molecular complexity index is 1690. The van der Waals surface area contributed by atoms with E-state index in [1.165, 1.54) is 18.1 Å². The van der Waals surface area contributed by atoms with Gasteiger partial charge >= 0.3 is 0 Å². The predicted octanol–water partition coefficient (Wildman–Crippen LogP) is 5.67. The molecule has 204 valence electrons. The van der Waals surface area contributed by atoms with Crippen LogP contribution in [0.3, 0.4) is 0 Å². The topological polar surface area (TPSA) is 102 Å². The fourth-order valence-corrected chi connectivity index (χ4v) is 5.28. The van der Waals surface area contributed by atoms with Gasteiger partial charge in [-0.1, -0.05) is 29.8 Å². The molecule has 10 heteroatoms. The second-order valence-corrected chi connectivity index (χ2v) is 10.2. The molecule has 1 amide bonds. The number of ketones is 1. The number of hydrogen-bond donors (Lipinski definition) is 1. The van der Waals surface area contributed by atoms with Gasteiger partial charge in [0, 0.05) is 42.8 Å². The average molecular weight is 561 g/mol. The van der Waals surface area contributed by atoms with Crippen LogP contribution in [-0.2, 0) is 11.3 Å². The fourth-order valence-electron chi connectivity index (χ4n) is 5.07. The normalized spacial score (nSPS) is 16.2. The van der Waals surface area contributed by atoms with Gasteiger partial charge in [-0.15, -0.1) is 0 Å². The molecule has 1 N–H and O–H groups in total. The number of carbonyl (C=O) groups is 2. The summed E-state index contributed by atoms with van der Waals surface area (Å²) in [6.45, 7) is 0.233. The minimum absolute atomic E-state index is 0.0512. The Kier molecular flexibility index (Phi) is 6.31. The highest BCUT2D eigenvalue weighted by atomic mass is 35.5. The Morgan fingerprint density at radius 3 is 2.55 bits per heavy atom. The van der Waals surface area contributed by atoms with E-state index in [4.69, 9.17) is 30.2 Å². The monoisotopic (exact) mass is 560 g/mol. The Morgan fingerprint density at radius 2 is 1.82 bits per heavy atom. The zero-order valence-corrected chi connectivity index (χ0v) is 22.7. The molecule has 0 bridgehead atoms. The van der Waals surface area contributed by atoms with Gasteiger partial charge in [0.05, 0.1) is 18.7 Å². The Labute approximate surface area is 234 Å². The molecule has 0 radical (unpaired) electrons. The average Bonchev–Trinajstić information content (AvgIpc) is 3.65. The summed E-state index contributed by atoms with van der Waals surface area (Å²) in [6.07, 6.45) is 0. The summed E-state index contributed by atoms with van der Waals surface area (Å²) in [4.78, 5) is 30.9. The van der Waals surface area contributed by atoms with Gasteiger partial charge in [0.25, 0.3) is 5.91 Å². The van der Waals surface area contributed by atoms with Crippen LogP contribution in [0.5, 0.6) is 17.2 Å². The van der Waals surface area contributed by atoms with E-state index in [-0.39, 0.29) is 24.7 Å². The molecule has 9 nitrogen and oxygen atoms in total. The first-order valence-corrected chi connectivity index (χ1v) is 12.8. The van der Waals surface area contributed by atoms with Gasteiger partial charge in [-0.3, -0.25) is 9.59 Å². The summed E-state index contributed by atoms with van der Waals surface area (Å²) < 4.78 is 22.2. The molecule has 4 aromatic rings. The molecule has 0 aliphatic carbocycles. The van der Waals surface area contributed by atoms with E-state index in [0.29, 0.717) is 38.8 Å². The van der Waals surface area contributed by atoms with Crippen LogP contribution >= 0.6 is 11.6 Å². The molecular formula is C30H25ClN2O7. The third kappa shape index (κ3) is 4.28. The maximum Gasteiger partial charge on any atom is 0.290 e. The minimum Gasteiger partial charge on any atom is -0.503 e. The maximum atomic E-state index is 14.0. The van der Waals surface area contributed by atoms with Crippen molar-refractivity contribution in [3.8, 4) is 17.2 Å². The van der Waals surface area contributed by atoms with Gasteiger partial charge < -0.3 is 33.5 Å². The van der Waals surface area contributed by atoms with E-state index < -0.39 is 23.5 Å². The van der Waals surface area contributed by atoms with Gasteiger partial charge in [-0.05, 0) is 47.5 Å². The minimum atomic E-state index is -0.875. The van der Waals surface area contributed by atoms with Crippen molar-refractivity contribution in [2.24, 2.45) is 0 Å². The summed E-state index contributed by atoms with van der Waals surface area (Å²) in [5.41, 5.74) is 2.61. The quantitative estimate of drug-likeness (QED) is 0.289. The standard InChI is InChI=1S/C30H25ClN2O7/c1-32(2)20-7-5-17(6-8-20)26-25(27(34)23-12-18-11-19(31)13-24(37-3)29(18)40-23)28(35)30(36)33(26)14-16-4-9-21-22(10-16)39-15-38-21/h4-13,26,35H,14-15H2,1-3H3. The number of ether oxygens (including phenoxy) is 3. The number of hydrogen-bond acceptors (Lipinski definition) is 8. The number of aliphatic hydroxyl groups excluding tert-OH is 1. The van der Waals surface area contributed by atoms with Crippen LogP contribution in [-0.4, -0.2) is 49.7 Å². The van der Waals surface area contributed by atoms with Crippen LogP contribution in [0.25, 0.3) is 11.0 Å². The number of anilines is 1. The third-order valence-electron chi connectivity index (χ3n) is 7.05. The van der Waals surface area contributed by atoms with E-state index in [0.717, 1.165) is 11.3 Å². The number of fused-ring (bicyclic) bond motifs is 2. The van der Waals surface area contributed by atoms with Gasteiger partial charge in [0.1, 0.15) is 0 Å². The Hall–Kier alpha value is -4.63. The van der Waals surface area contributed by atoms with Crippen LogP contribution in [0.1, 0.15) is 27.7 Å². The highest BCUT2D eigenvalue weighted by Gasteiger charge is 2.44. The lowest BCUT2D eigenvalue weighted by Gasteiger charge is -2.27. The third-order valence-corrected chi connectivity index (χ3v) is 7.27. The van der Waals surface area contributed by atoms with Gasteiger partial charge in [-0.2, -0.15) is 0 Å². The van der Waals surface area contributed by atoms with E-state index in [2.05, 4.69) is 0 Å². The number of furan rings is 1. The van der Waals surface area contributed by atoms with Crippen molar-refractivity contribution in [1.82, 2.24) is 4.90 Å². The number of Topliss-reactive ketones (excluding diaryl/α,β-unsaturated/α-hetero) is 1. The van der Waals surface area contributed by atoms with Crippen LogP contribution in [0, 0.1) is 0 Å². The first-order valence-electron chi connectivity index (χ1n) is 12.5. The SMILES string of the molecule is COc1cc(Cl)cc2cc(C(=O)C3=C(O)C(=O)N(Cc4ccc5c(c4)OCO5)C3c3ccc(N(C)C)cc3)oc12. The van der Waals surface area contributed by atoms with E-state index in [9.17, 15) is 14.7 Å². The molecule has 2 aliphatic rings. The number of methoxy groups -OCH3 is 1. The molecule has 3 aromatic carbocycles. The highest BCUT2D eigenvalue weighted by Crippen LogP contribution is 2.42. The van der Waals surface area contributed by atoms with Crippen LogP contribution in [0.15, 0.2) is 76.4 Å². The maximum absolute atomic E-state index is 14.0. The molecule has 3 heterocycles. The summed E-state index contributed by atoms with van der Waals surface area (Å²) in [7, 11) is 5.31. The number of benzene rings is 3. The van der Waals surface area contributed by atoms with Gasteiger partial charge in [-0.25, -0.2) is 0 Å². The van der Waals surface area contributed by atoms with Gasteiger partial charge in [0.2, 0.25) is 12.6 Å². The number of carbonyl (C=O) groups excluding carboxylic acids is 2. The number of rotatable bonds is 7. The van der Waals surface area contributed by atoms with Crippen molar-refractivity contribution in [3.63, 3.8) is 0 Å².